The average Bonchev–Trinajstić information content (AvgIpc) is 2.89. The molecule has 2 aromatic rings. The van der Waals surface area contributed by atoms with Gasteiger partial charge < -0.3 is 19.3 Å². The Morgan fingerprint density at radius 2 is 1.50 bits per heavy atom. The summed E-state index contributed by atoms with van der Waals surface area (Å²) in [6.45, 7) is 3.24. The smallest absolute Gasteiger partial charge is 0.115 e. The molecule has 1 saturated heterocycles. The zero-order valence-corrected chi connectivity index (χ0v) is 13.9. The van der Waals surface area contributed by atoms with Crippen LogP contribution in [0, 0.1) is 0 Å². The van der Waals surface area contributed by atoms with Crippen LogP contribution in [0.15, 0.2) is 60.7 Å². The molecular formula is C20H24O4. The van der Waals surface area contributed by atoms with Gasteiger partial charge in [-0.25, -0.2) is 0 Å². The Balaban J connectivity index is 1.52. The highest BCUT2D eigenvalue weighted by molar-refractivity contribution is 5.14. The van der Waals surface area contributed by atoms with E-state index < -0.39 is 6.10 Å². The van der Waals surface area contributed by atoms with Crippen molar-refractivity contribution < 1.29 is 19.3 Å². The van der Waals surface area contributed by atoms with Crippen LogP contribution >= 0.6 is 0 Å². The van der Waals surface area contributed by atoms with Crippen molar-refractivity contribution in [2.45, 2.75) is 44.6 Å². The Hall–Kier alpha value is -1.72. The van der Waals surface area contributed by atoms with E-state index in [2.05, 4.69) is 0 Å². The quantitative estimate of drug-likeness (QED) is 0.849. The molecule has 24 heavy (non-hydrogen) atoms. The van der Waals surface area contributed by atoms with E-state index in [1.807, 2.05) is 67.6 Å². The summed E-state index contributed by atoms with van der Waals surface area (Å²) in [5.41, 5.74) is 2.19. The fraction of sp³-hybridized carbons (Fsp3) is 0.400. The number of aliphatic hydroxyl groups excluding tert-OH is 1. The summed E-state index contributed by atoms with van der Waals surface area (Å²) in [4.78, 5) is 0. The van der Waals surface area contributed by atoms with Gasteiger partial charge in [-0.15, -0.1) is 0 Å². The van der Waals surface area contributed by atoms with Gasteiger partial charge in [-0.2, -0.15) is 0 Å². The average molecular weight is 328 g/mol. The molecule has 1 fully saturated rings. The summed E-state index contributed by atoms with van der Waals surface area (Å²) in [6.07, 6.45) is -1.53. The molecule has 0 saturated carbocycles. The Morgan fingerprint density at radius 1 is 0.917 bits per heavy atom. The SMILES string of the molecule is CC1O[C@H](COCc2ccccc2)[C@@H](OCc2ccccc2)[C@@H]1O. The first kappa shape index (κ1) is 17.1. The molecule has 3 rings (SSSR count). The number of hydrogen-bond acceptors (Lipinski definition) is 4. The summed E-state index contributed by atoms with van der Waals surface area (Å²) < 4.78 is 17.5. The molecule has 0 bridgehead atoms. The monoisotopic (exact) mass is 328 g/mol. The second kappa shape index (κ2) is 8.40. The van der Waals surface area contributed by atoms with Crippen LogP contribution in [0.3, 0.4) is 0 Å². The van der Waals surface area contributed by atoms with Gasteiger partial charge in [0.05, 0.1) is 25.9 Å². The summed E-state index contributed by atoms with van der Waals surface area (Å²) in [7, 11) is 0. The second-order valence-corrected chi connectivity index (χ2v) is 6.13. The van der Waals surface area contributed by atoms with Crippen molar-refractivity contribution >= 4 is 0 Å². The highest BCUT2D eigenvalue weighted by atomic mass is 16.6. The molecule has 0 aromatic heterocycles. The predicted molar refractivity (Wildman–Crippen MR) is 91.5 cm³/mol. The van der Waals surface area contributed by atoms with Gasteiger partial charge in [-0.1, -0.05) is 60.7 Å². The van der Waals surface area contributed by atoms with Crippen molar-refractivity contribution in [3.8, 4) is 0 Å². The standard InChI is InChI=1S/C20H24O4/c1-15-19(21)20(23-13-17-10-6-3-7-11-17)18(24-15)14-22-12-16-8-4-2-5-9-16/h2-11,15,18-21H,12-14H2,1H3/t15?,18-,19-,20-/m1/s1. The lowest BCUT2D eigenvalue weighted by Gasteiger charge is -2.21. The van der Waals surface area contributed by atoms with E-state index in [1.54, 1.807) is 0 Å². The number of rotatable bonds is 7. The first-order valence-corrected chi connectivity index (χ1v) is 8.35. The molecule has 4 atom stereocenters. The Morgan fingerprint density at radius 3 is 2.12 bits per heavy atom. The van der Waals surface area contributed by atoms with E-state index >= 15 is 0 Å². The minimum absolute atomic E-state index is 0.254. The summed E-state index contributed by atoms with van der Waals surface area (Å²) in [5.74, 6) is 0. The summed E-state index contributed by atoms with van der Waals surface area (Å²) in [6, 6.07) is 19.9. The van der Waals surface area contributed by atoms with E-state index in [1.165, 1.54) is 0 Å². The van der Waals surface area contributed by atoms with Gasteiger partial charge in [-0.05, 0) is 18.1 Å². The van der Waals surface area contributed by atoms with Crippen molar-refractivity contribution in [1.29, 1.82) is 0 Å². The molecule has 0 amide bonds. The van der Waals surface area contributed by atoms with Crippen molar-refractivity contribution in [3.63, 3.8) is 0 Å². The molecule has 2 aromatic carbocycles. The van der Waals surface area contributed by atoms with Crippen LogP contribution in [0.2, 0.25) is 0 Å². The molecule has 1 N–H and O–H groups in total. The van der Waals surface area contributed by atoms with Crippen molar-refractivity contribution in [1.82, 2.24) is 0 Å². The Kier molecular flexibility index (Phi) is 5.99. The van der Waals surface area contributed by atoms with Gasteiger partial charge in [-0.3, -0.25) is 0 Å². The largest absolute Gasteiger partial charge is 0.388 e. The summed E-state index contributed by atoms with van der Waals surface area (Å²) >= 11 is 0. The number of ether oxygens (including phenoxy) is 3. The van der Waals surface area contributed by atoms with Crippen LogP contribution < -0.4 is 0 Å². The summed E-state index contributed by atoms with van der Waals surface area (Å²) in [5, 5.41) is 10.3. The van der Waals surface area contributed by atoms with Gasteiger partial charge in [0.1, 0.15) is 18.3 Å². The maximum absolute atomic E-state index is 10.3. The minimum Gasteiger partial charge on any atom is -0.388 e. The lowest BCUT2D eigenvalue weighted by Crippen LogP contribution is -2.36. The number of aliphatic hydroxyl groups is 1. The molecule has 4 heteroatoms. The van der Waals surface area contributed by atoms with Gasteiger partial charge in [0.15, 0.2) is 0 Å². The minimum atomic E-state index is -0.640. The van der Waals surface area contributed by atoms with Crippen LogP contribution in [0.1, 0.15) is 18.1 Å². The molecule has 1 unspecified atom stereocenters. The van der Waals surface area contributed by atoms with E-state index in [4.69, 9.17) is 14.2 Å². The zero-order valence-electron chi connectivity index (χ0n) is 13.9. The first-order valence-electron chi connectivity index (χ1n) is 8.35. The predicted octanol–water partition coefficient (Wildman–Crippen LogP) is 2.94. The number of benzene rings is 2. The number of hydrogen-bond donors (Lipinski definition) is 1. The van der Waals surface area contributed by atoms with Crippen molar-refractivity contribution in [2.75, 3.05) is 6.61 Å². The fourth-order valence-corrected chi connectivity index (χ4v) is 2.89. The van der Waals surface area contributed by atoms with Gasteiger partial charge in [0.25, 0.3) is 0 Å². The molecule has 0 spiro atoms. The molecule has 1 aliphatic rings. The Labute approximate surface area is 143 Å². The van der Waals surface area contributed by atoms with Gasteiger partial charge in [0.2, 0.25) is 0 Å². The van der Waals surface area contributed by atoms with Crippen LogP contribution in [0.4, 0.5) is 0 Å². The lowest BCUT2D eigenvalue weighted by atomic mass is 10.1. The highest BCUT2D eigenvalue weighted by Gasteiger charge is 2.42. The molecule has 4 nitrogen and oxygen atoms in total. The third kappa shape index (κ3) is 4.42. The fourth-order valence-electron chi connectivity index (χ4n) is 2.89. The lowest BCUT2D eigenvalue weighted by molar-refractivity contribution is -0.0761. The third-order valence-corrected chi connectivity index (χ3v) is 4.25. The second-order valence-electron chi connectivity index (χ2n) is 6.13. The maximum Gasteiger partial charge on any atom is 0.115 e. The van der Waals surface area contributed by atoms with E-state index in [-0.39, 0.29) is 18.3 Å². The molecule has 0 aliphatic carbocycles. The molecule has 0 radical (unpaired) electrons. The topological polar surface area (TPSA) is 47.9 Å². The van der Waals surface area contributed by atoms with Crippen LogP contribution in [-0.2, 0) is 27.4 Å². The van der Waals surface area contributed by atoms with Crippen molar-refractivity contribution in [3.05, 3.63) is 71.8 Å². The van der Waals surface area contributed by atoms with Gasteiger partial charge in [0, 0.05) is 0 Å². The molecule has 128 valence electrons. The normalized spacial score (nSPS) is 26.6. The van der Waals surface area contributed by atoms with E-state index in [9.17, 15) is 5.11 Å². The first-order chi connectivity index (χ1) is 11.7. The maximum atomic E-state index is 10.3. The van der Waals surface area contributed by atoms with Crippen LogP contribution in [0.5, 0.6) is 0 Å². The van der Waals surface area contributed by atoms with Crippen molar-refractivity contribution in [2.24, 2.45) is 0 Å². The van der Waals surface area contributed by atoms with Crippen LogP contribution in [-0.4, -0.2) is 36.1 Å². The Bertz CT molecular complexity index is 602. The van der Waals surface area contributed by atoms with Crippen LogP contribution in [0.25, 0.3) is 0 Å². The molecular weight excluding hydrogens is 304 g/mol. The third-order valence-electron chi connectivity index (χ3n) is 4.25. The van der Waals surface area contributed by atoms with Gasteiger partial charge >= 0.3 is 0 Å². The highest BCUT2D eigenvalue weighted by Crippen LogP contribution is 2.25. The van der Waals surface area contributed by atoms with E-state index in [0.29, 0.717) is 19.8 Å². The zero-order chi connectivity index (χ0) is 16.8. The molecule has 1 heterocycles. The molecule has 1 aliphatic heterocycles. The van der Waals surface area contributed by atoms with E-state index in [0.717, 1.165) is 11.1 Å².